The molecular weight excluding hydrogens is 478 g/mol. The van der Waals surface area contributed by atoms with Crippen molar-refractivity contribution < 1.29 is 48.0 Å². The Kier molecular flexibility index (Phi) is 6.73. The summed E-state index contributed by atoms with van der Waals surface area (Å²) in [7, 11) is 0. The number of rotatable bonds is 3. The molecule has 2 aliphatic rings. The molecule has 3 aromatic rings. The van der Waals surface area contributed by atoms with E-state index in [2.05, 4.69) is 84.9 Å². The van der Waals surface area contributed by atoms with Crippen LogP contribution in [0.25, 0.3) is 22.8 Å². The molecule has 1 unspecified atom stereocenters. The molecular formula is C24H22Cl2N2Zr. The number of para-hydroxylation sites is 2. The fraction of sp³-hybridized carbons (Fsp3) is 0.208. The first-order valence-corrected chi connectivity index (χ1v) is 12.1. The number of nitrogens with zero attached hydrogens (tertiary/aromatic N) is 2. The molecule has 2 nitrogen and oxygen atoms in total. The smallest absolute Gasteiger partial charge is 1.00 e. The van der Waals surface area contributed by atoms with E-state index in [1.165, 1.54) is 34.3 Å². The van der Waals surface area contributed by atoms with Crippen LogP contribution in [-0.4, -0.2) is 9.55 Å². The maximum Gasteiger partial charge on any atom is -1.00 e. The Morgan fingerprint density at radius 1 is 0.931 bits per heavy atom. The minimum atomic E-state index is -0.818. The van der Waals surface area contributed by atoms with Crippen LogP contribution >= 0.6 is 0 Å². The van der Waals surface area contributed by atoms with E-state index < -0.39 is 23.2 Å². The van der Waals surface area contributed by atoms with Crippen LogP contribution in [0.2, 0.25) is 0 Å². The molecule has 0 bridgehead atoms. The van der Waals surface area contributed by atoms with Crippen LogP contribution in [0, 0.1) is 0 Å². The molecule has 0 saturated carbocycles. The largest absolute Gasteiger partial charge is 1.00 e. The Bertz CT molecular complexity index is 1170. The van der Waals surface area contributed by atoms with Gasteiger partial charge >= 0.3 is 172 Å². The minimum Gasteiger partial charge on any atom is -1.00 e. The molecule has 1 atom stereocenters. The molecule has 0 spiro atoms. The third kappa shape index (κ3) is 3.74. The first kappa shape index (κ1) is 22.3. The van der Waals surface area contributed by atoms with E-state index in [0.29, 0.717) is 3.63 Å². The summed E-state index contributed by atoms with van der Waals surface area (Å²) in [6, 6.07) is 17.4. The Morgan fingerprint density at radius 2 is 1.66 bits per heavy atom. The molecule has 29 heavy (non-hydrogen) atoms. The maximum absolute atomic E-state index is 4.65. The van der Waals surface area contributed by atoms with E-state index in [1.54, 1.807) is 14.4 Å². The number of aromatic nitrogens is 2. The monoisotopic (exact) mass is 498 g/mol. The van der Waals surface area contributed by atoms with Crippen molar-refractivity contribution in [1.82, 2.24) is 9.55 Å². The second-order valence-corrected chi connectivity index (χ2v) is 11.2. The van der Waals surface area contributed by atoms with Crippen LogP contribution in [0.15, 0.2) is 74.9 Å². The molecule has 1 aromatic heterocycles. The zero-order chi connectivity index (χ0) is 18.5. The standard InChI is InChI=1S/C16H11N2.C8H11.2ClH.Zr/c1-2-6-13-10-14(9-12(13)5-1)18-11-17-15-7-3-4-8-16(15)18;1-6-4-5-7(2)8(6)3;;;/h1-11H;4H2,1-3H3;2*1H;/q;;;;+2/p-2. The zero-order valence-corrected chi connectivity index (χ0v) is 20.7. The average molecular weight is 501 g/mol. The number of allylic oxidation sites excluding steroid dienone is 5. The fourth-order valence-electron chi connectivity index (χ4n) is 4.24. The van der Waals surface area contributed by atoms with Gasteiger partial charge in [0, 0.05) is 0 Å². The molecule has 5 heteroatoms. The Balaban J connectivity index is 0.00000120. The molecule has 0 amide bonds. The van der Waals surface area contributed by atoms with Gasteiger partial charge in [0.2, 0.25) is 0 Å². The second-order valence-electron chi connectivity index (χ2n) is 7.56. The summed E-state index contributed by atoms with van der Waals surface area (Å²) in [5, 5.41) is 0. The SMILES string of the molecule is CC1=C(C)C(C)=[C]([Zr+2][CH]2C(n3cnc4ccccc43)=Cc3ccccc32)C1.[Cl-].[Cl-]. The van der Waals surface area contributed by atoms with E-state index in [9.17, 15) is 0 Å². The van der Waals surface area contributed by atoms with E-state index in [1.807, 2.05) is 6.33 Å². The van der Waals surface area contributed by atoms with E-state index in [-0.39, 0.29) is 24.8 Å². The van der Waals surface area contributed by atoms with Gasteiger partial charge in [0.05, 0.1) is 0 Å². The molecule has 2 aliphatic carbocycles. The van der Waals surface area contributed by atoms with Crippen molar-refractivity contribution in [2.24, 2.45) is 0 Å². The predicted molar refractivity (Wildman–Crippen MR) is 109 cm³/mol. The number of hydrogen-bond donors (Lipinski definition) is 0. The topological polar surface area (TPSA) is 17.8 Å². The maximum atomic E-state index is 4.65. The predicted octanol–water partition coefficient (Wildman–Crippen LogP) is 0.194. The van der Waals surface area contributed by atoms with Crippen molar-refractivity contribution in [3.63, 3.8) is 0 Å². The quantitative estimate of drug-likeness (QED) is 0.503. The minimum absolute atomic E-state index is 0. The third-order valence-corrected chi connectivity index (χ3v) is 10.5. The normalized spacial score (nSPS) is 17.6. The summed E-state index contributed by atoms with van der Waals surface area (Å²) in [6.07, 6.45) is 5.60. The molecule has 0 saturated heterocycles. The summed E-state index contributed by atoms with van der Waals surface area (Å²) in [5.74, 6) is 0. The molecule has 0 N–H and O–H groups in total. The van der Waals surface area contributed by atoms with E-state index in [4.69, 9.17) is 0 Å². The van der Waals surface area contributed by atoms with Crippen LogP contribution in [0.4, 0.5) is 0 Å². The van der Waals surface area contributed by atoms with Crippen LogP contribution < -0.4 is 24.8 Å². The molecule has 146 valence electrons. The Morgan fingerprint density at radius 3 is 2.41 bits per heavy atom. The van der Waals surface area contributed by atoms with Gasteiger partial charge in [-0.3, -0.25) is 0 Å². The molecule has 2 aromatic carbocycles. The van der Waals surface area contributed by atoms with Crippen LogP contribution in [0.3, 0.4) is 0 Å². The molecule has 1 heterocycles. The van der Waals surface area contributed by atoms with Gasteiger partial charge in [-0.1, -0.05) is 0 Å². The molecule has 0 fully saturated rings. The van der Waals surface area contributed by atoms with Crippen molar-refractivity contribution in [2.75, 3.05) is 0 Å². The van der Waals surface area contributed by atoms with Gasteiger partial charge in [-0.05, 0) is 0 Å². The molecule has 0 aliphatic heterocycles. The number of hydrogen-bond acceptors (Lipinski definition) is 1. The summed E-state index contributed by atoms with van der Waals surface area (Å²) in [5.41, 5.74) is 11.3. The van der Waals surface area contributed by atoms with Crippen molar-refractivity contribution in [3.05, 3.63) is 86.0 Å². The van der Waals surface area contributed by atoms with Gasteiger partial charge in [-0.25, -0.2) is 0 Å². The molecule has 5 rings (SSSR count). The van der Waals surface area contributed by atoms with Gasteiger partial charge < -0.3 is 24.8 Å². The summed E-state index contributed by atoms with van der Waals surface area (Å²) >= 11 is -0.818. The first-order chi connectivity index (χ1) is 13.1. The van der Waals surface area contributed by atoms with Crippen LogP contribution in [0.5, 0.6) is 0 Å². The van der Waals surface area contributed by atoms with Gasteiger partial charge in [0.15, 0.2) is 0 Å². The summed E-state index contributed by atoms with van der Waals surface area (Å²) in [4.78, 5) is 4.65. The van der Waals surface area contributed by atoms with E-state index >= 15 is 0 Å². The number of imidazole rings is 1. The van der Waals surface area contributed by atoms with Crippen molar-refractivity contribution in [2.45, 2.75) is 30.8 Å². The van der Waals surface area contributed by atoms with Crippen molar-refractivity contribution >= 4 is 22.8 Å². The third-order valence-electron chi connectivity index (χ3n) is 6.05. The average Bonchev–Trinajstić information content (AvgIpc) is 3.33. The second kappa shape index (κ2) is 8.76. The zero-order valence-electron chi connectivity index (χ0n) is 16.7. The van der Waals surface area contributed by atoms with Gasteiger partial charge in [-0.2, -0.15) is 0 Å². The Hall–Kier alpha value is -1.41. The van der Waals surface area contributed by atoms with Crippen molar-refractivity contribution in [1.29, 1.82) is 0 Å². The first-order valence-electron chi connectivity index (χ1n) is 9.49. The van der Waals surface area contributed by atoms with Gasteiger partial charge in [0.1, 0.15) is 0 Å². The molecule has 0 radical (unpaired) electrons. The summed E-state index contributed by atoms with van der Waals surface area (Å²) < 4.78 is 4.63. The van der Waals surface area contributed by atoms with Crippen LogP contribution in [0.1, 0.15) is 41.9 Å². The number of halogens is 2. The fourth-order valence-corrected chi connectivity index (χ4v) is 8.93. The van der Waals surface area contributed by atoms with E-state index in [0.717, 1.165) is 5.52 Å². The Labute approximate surface area is 196 Å². The van der Waals surface area contributed by atoms with Crippen molar-refractivity contribution in [3.8, 4) is 0 Å². The van der Waals surface area contributed by atoms with Gasteiger partial charge in [0.25, 0.3) is 0 Å². The summed E-state index contributed by atoms with van der Waals surface area (Å²) in [6.45, 7) is 6.92. The van der Waals surface area contributed by atoms with Crippen LogP contribution in [-0.2, 0) is 23.2 Å². The number of fused-ring (bicyclic) bond motifs is 2. The van der Waals surface area contributed by atoms with Gasteiger partial charge in [-0.15, -0.1) is 0 Å². The number of benzene rings is 2.